The molecule has 0 spiro atoms. The highest BCUT2D eigenvalue weighted by atomic mass is 35.5. The van der Waals surface area contributed by atoms with Crippen LogP contribution in [0.4, 0.5) is 13.2 Å². The maximum Gasteiger partial charge on any atom is 0.406 e. The van der Waals surface area contributed by atoms with Crippen LogP contribution in [0.1, 0.15) is 0 Å². The fraction of sp³-hybridized carbons (Fsp3) is 0.200. The lowest BCUT2D eigenvalue weighted by Gasteiger charge is -2.08. The molecule has 0 atom stereocenters. The molecule has 0 unspecified atom stereocenters. The molecule has 0 aliphatic carbocycles. The van der Waals surface area contributed by atoms with Gasteiger partial charge in [-0.1, -0.05) is 17.7 Å². The van der Waals surface area contributed by atoms with Gasteiger partial charge in [-0.15, -0.1) is 0 Å². The Morgan fingerprint density at radius 3 is 2.60 bits per heavy atom. The number of fused-ring (bicyclic) bond motifs is 1. The van der Waals surface area contributed by atoms with Crippen molar-refractivity contribution >= 4 is 22.5 Å². The van der Waals surface area contributed by atoms with Crippen molar-refractivity contribution in [3.63, 3.8) is 0 Å². The predicted octanol–water partition coefficient (Wildman–Crippen LogP) is 3.86. The Balaban J connectivity index is 2.48. The molecule has 0 N–H and O–H groups in total. The Hall–Kier alpha value is -1.16. The molecule has 0 aliphatic rings. The maximum atomic E-state index is 12.2. The first-order chi connectivity index (χ1) is 6.96. The average Bonchev–Trinajstić information content (AvgIpc) is 2.46. The molecule has 0 saturated heterocycles. The fourth-order valence-electron chi connectivity index (χ4n) is 1.49. The first-order valence-electron chi connectivity index (χ1n) is 4.27. The molecule has 0 aliphatic heterocycles. The minimum atomic E-state index is -4.21. The molecule has 2 aromatic rings. The number of hydrogen-bond donors (Lipinski definition) is 0. The fourth-order valence-corrected chi connectivity index (χ4v) is 1.65. The summed E-state index contributed by atoms with van der Waals surface area (Å²) in [6.45, 7) is -0.989. The van der Waals surface area contributed by atoms with Gasteiger partial charge in [-0.3, -0.25) is 0 Å². The van der Waals surface area contributed by atoms with Crippen molar-refractivity contribution in [2.24, 2.45) is 0 Å². The van der Waals surface area contributed by atoms with Crippen LogP contribution in [-0.4, -0.2) is 10.7 Å². The Morgan fingerprint density at radius 1 is 1.20 bits per heavy atom. The maximum absolute atomic E-state index is 12.2. The first kappa shape index (κ1) is 10.4. The summed E-state index contributed by atoms with van der Waals surface area (Å²) in [5.41, 5.74) is 0.500. The van der Waals surface area contributed by atoms with Gasteiger partial charge in [0.05, 0.1) is 0 Å². The number of benzene rings is 1. The van der Waals surface area contributed by atoms with Crippen molar-refractivity contribution in [1.29, 1.82) is 0 Å². The Morgan fingerprint density at radius 2 is 1.93 bits per heavy atom. The van der Waals surface area contributed by atoms with Gasteiger partial charge in [-0.2, -0.15) is 13.2 Å². The molecule has 0 radical (unpaired) electrons. The van der Waals surface area contributed by atoms with Gasteiger partial charge in [0.25, 0.3) is 0 Å². The summed E-state index contributed by atoms with van der Waals surface area (Å²) in [4.78, 5) is 0. The zero-order chi connectivity index (χ0) is 11.1. The third-order valence-corrected chi connectivity index (χ3v) is 2.32. The first-order valence-corrected chi connectivity index (χ1v) is 4.65. The number of nitrogens with zero attached hydrogens (tertiary/aromatic N) is 1. The Kier molecular flexibility index (Phi) is 2.38. The zero-order valence-electron chi connectivity index (χ0n) is 7.55. The SMILES string of the molecule is FC(F)(F)Cn1ccc2ccc(Cl)cc21. The van der Waals surface area contributed by atoms with E-state index in [1.807, 2.05) is 0 Å². The molecule has 0 saturated carbocycles. The highest BCUT2D eigenvalue weighted by Gasteiger charge is 2.28. The second kappa shape index (κ2) is 3.45. The third kappa shape index (κ3) is 2.26. The summed E-state index contributed by atoms with van der Waals surface area (Å²) in [6, 6.07) is 6.52. The van der Waals surface area contributed by atoms with E-state index in [4.69, 9.17) is 11.6 Å². The van der Waals surface area contributed by atoms with Crippen LogP contribution < -0.4 is 0 Å². The molecule has 0 bridgehead atoms. The van der Waals surface area contributed by atoms with Crippen LogP contribution in [0.3, 0.4) is 0 Å². The summed E-state index contributed by atoms with van der Waals surface area (Å²) >= 11 is 5.72. The van der Waals surface area contributed by atoms with Crippen molar-refractivity contribution in [2.45, 2.75) is 12.7 Å². The molecule has 2 rings (SSSR count). The van der Waals surface area contributed by atoms with Crippen molar-refractivity contribution in [1.82, 2.24) is 4.57 Å². The normalized spacial score (nSPS) is 12.3. The van der Waals surface area contributed by atoms with Crippen LogP contribution >= 0.6 is 11.6 Å². The van der Waals surface area contributed by atoms with Gasteiger partial charge in [0.15, 0.2) is 0 Å². The van der Waals surface area contributed by atoms with Crippen LogP contribution in [0.5, 0.6) is 0 Å². The minimum absolute atomic E-state index is 0.435. The van der Waals surface area contributed by atoms with Crippen LogP contribution in [0.15, 0.2) is 30.5 Å². The van der Waals surface area contributed by atoms with E-state index in [2.05, 4.69) is 0 Å². The summed E-state index contributed by atoms with van der Waals surface area (Å²) in [7, 11) is 0. The number of halogens is 4. The second-order valence-corrected chi connectivity index (χ2v) is 3.70. The van der Waals surface area contributed by atoms with Crippen LogP contribution in [0.2, 0.25) is 5.02 Å². The smallest absolute Gasteiger partial charge is 0.338 e. The van der Waals surface area contributed by atoms with Crippen molar-refractivity contribution in [3.8, 4) is 0 Å². The predicted molar refractivity (Wildman–Crippen MR) is 53.0 cm³/mol. The third-order valence-electron chi connectivity index (χ3n) is 2.09. The lowest BCUT2D eigenvalue weighted by molar-refractivity contribution is -0.139. The molecule has 15 heavy (non-hydrogen) atoms. The van der Waals surface area contributed by atoms with E-state index in [1.54, 1.807) is 18.2 Å². The highest BCUT2D eigenvalue weighted by Crippen LogP contribution is 2.24. The number of hydrogen-bond acceptors (Lipinski definition) is 0. The minimum Gasteiger partial charge on any atom is -0.338 e. The van der Waals surface area contributed by atoms with Gasteiger partial charge in [0.1, 0.15) is 6.54 Å². The summed E-state index contributed by atoms with van der Waals surface area (Å²) in [5.74, 6) is 0. The van der Waals surface area contributed by atoms with Crippen molar-refractivity contribution in [3.05, 3.63) is 35.5 Å². The standard InChI is InChI=1S/C10H7ClF3N/c11-8-2-1-7-3-4-15(9(7)5-8)6-10(12,13)14/h1-5H,6H2. The van der Waals surface area contributed by atoms with Gasteiger partial charge in [0, 0.05) is 16.7 Å². The Bertz CT molecular complexity index is 487. The number of alkyl halides is 3. The van der Waals surface area contributed by atoms with Gasteiger partial charge in [-0.05, 0) is 23.6 Å². The molecule has 80 valence electrons. The van der Waals surface area contributed by atoms with E-state index in [1.165, 1.54) is 12.3 Å². The largest absolute Gasteiger partial charge is 0.406 e. The quantitative estimate of drug-likeness (QED) is 0.705. The van der Waals surface area contributed by atoms with Gasteiger partial charge in [0.2, 0.25) is 0 Å². The summed E-state index contributed by atoms with van der Waals surface area (Å²) in [5, 5.41) is 1.19. The molecule has 0 amide bonds. The van der Waals surface area contributed by atoms with E-state index in [9.17, 15) is 13.2 Å². The molecule has 1 aromatic carbocycles. The molecular formula is C10H7ClF3N. The average molecular weight is 234 g/mol. The monoisotopic (exact) mass is 233 g/mol. The molecule has 1 aromatic heterocycles. The van der Waals surface area contributed by atoms with Crippen LogP contribution in [-0.2, 0) is 6.54 Å². The molecule has 1 nitrogen and oxygen atoms in total. The summed E-state index contributed by atoms with van der Waals surface area (Å²) in [6.07, 6.45) is -2.80. The molecule has 1 heterocycles. The van der Waals surface area contributed by atoms with E-state index in [0.717, 1.165) is 9.95 Å². The van der Waals surface area contributed by atoms with Gasteiger partial charge < -0.3 is 4.57 Å². The lowest BCUT2D eigenvalue weighted by atomic mass is 10.2. The topological polar surface area (TPSA) is 4.93 Å². The van der Waals surface area contributed by atoms with Crippen LogP contribution in [0.25, 0.3) is 10.9 Å². The van der Waals surface area contributed by atoms with Crippen LogP contribution in [0, 0.1) is 0 Å². The summed E-state index contributed by atoms with van der Waals surface area (Å²) < 4.78 is 37.7. The number of rotatable bonds is 1. The molecular weight excluding hydrogens is 227 g/mol. The zero-order valence-corrected chi connectivity index (χ0v) is 8.31. The van der Waals surface area contributed by atoms with Crippen molar-refractivity contribution < 1.29 is 13.2 Å². The van der Waals surface area contributed by atoms with Crippen molar-refractivity contribution in [2.75, 3.05) is 0 Å². The molecule has 5 heteroatoms. The number of aromatic nitrogens is 1. The van der Waals surface area contributed by atoms with Gasteiger partial charge >= 0.3 is 6.18 Å². The van der Waals surface area contributed by atoms with Gasteiger partial charge in [-0.25, -0.2) is 0 Å². The van der Waals surface area contributed by atoms with E-state index in [0.29, 0.717) is 10.5 Å². The van der Waals surface area contributed by atoms with E-state index in [-0.39, 0.29) is 0 Å². The second-order valence-electron chi connectivity index (χ2n) is 3.26. The van der Waals surface area contributed by atoms with E-state index < -0.39 is 12.7 Å². The van der Waals surface area contributed by atoms with E-state index >= 15 is 0 Å². The lowest BCUT2D eigenvalue weighted by Crippen LogP contribution is -2.16. The Labute approximate surface area is 89.1 Å². The molecule has 0 fully saturated rings. The highest BCUT2D eigenvalue weighted by molar-refractivity contribution is 6.31.